The van der Waals surface area contributed by atoms with E-state index in [2.05, 4.69) is 57.5 Å². The lowest BCUT2D eigenvalue weighted by Crippen LogP contribution is -2.33. The summed E-state index contributed by atoms with van der Waals surface area (Å²) in [4.78, 5) is 5.89. The van der Waals surface area contributed by atoms with Crippen LogP contribution in [0.3, 0.4) is 0 Å². The predicted octanol–water partition coefficient (Wildman–Crippen LogP) is 6.02. The molecule has 0 radical (unpaired) electrons. The summed E-state index contributed by atoms with van der Waals surface area (Å²) in [7, 11) is 0. The Labute approximate surface area is 194 Å². The number of benzene rings is 1. The van der Waals surface area contributed by atoms with Crippen LogP contribution in [-0.4, -0.2) is 26.7 Å². The number of anilines is 3. The summed E-state index contributed by atoms with van der Waals surface area (Å²) < 4.78 is 3.01. The topological polar surface area (TPSA) is 80.3 Å². The zero-order valence-electron chi connectivity index (χ0n) is 16.8. The van der Waals surface area contributed by atoms with Gasteiger partial charge in [0.1, 0.15) is 16.7 Å². The molecule has 31 heavy (non-hydrogen) atoms. The molecule has 0 aliphatic heterocycles. The average molecular weight is 471 g/mol. The lowest BCUT2D eigenvalue weighted by Gasteiger charge is -2.27. The lowest BCUT2D eigenvalue weighted by molar-refractivity contribution is 0.410. The third-order valence-corrected chi connectivity index (χ3v) is 7.70. The maximum Gasteiger partial charge on any atom is 0.178 e. The molecule has 3 heterocycles. The van der Waals surface area contributed by atoms with E-state index in [-0.39, 0.29) is 0 Å². The molecule has 1 aliphatic carbocycles. The number of nitrogens with two attached hydrogens (primary N) is 1. The number of fused-ring (bicyclic) bond motifs is 1. The maximum atomic E-state index is 6.35. The molecule has 160 valence electrons. The van der Waals surface area contributed by atoms with Crippen molar-refractivity contribution in [1.82, 2.24) is 14.6 Å². The van der Waals surface area contributed by atoms with Crippen molar-refractivity contribution >= 4 is 57.7 Å². The molecule has 0 saturated heterocycles. The van der Waals surface area contributed by atoms with E-state index in [4.69, 9.17) is 22.3 Å². The molecular weight excluding hydrogens is 448 g/mol. The van der Waals surface area contributed by atoms with Crippen molar-refractivity contribution < 1.29 is 0 Å². The van der Waals surface area contributed by atoms with Crippen molar-refractivity contribution in [3.63, 3.8) is 0 Å². The van der Waals surface area contributed by atoms with Crippen LogP contribution in [0, 0.1) is 0 Å². The van der Waals surface area contributed by atoms with Crippen molar-refractivity contribution in [3.05, 3.63) is 59.1 Å². The van der Waals surface area contributed by atoms with Crippen molar-refractivity contribution in [1.29, 1.82) is 0 Å². The number of hydrogen-bond acceptors (Lipinski definition) is 7. The smallest absolute Gasteiger partial charge is 0.178 e. The van der Waals surface area contributed by atoms with Crippen LogP contribution in [0.15, 0.2) is 63.1 Å². The van der Waals surface area contributed by atoms with Crippen molar-refractivity contribution in [2.45, 2.75) is 46.9 Å². The molecule has 1 saturated carbocycles. The van der Waals surface area contributed by atoms with Crippen molar-refractivity contribution in [2.75, 3.05) is 10.6 Å². The molecule has 9 heteroatoms. The fraction of sp³-hybridized carbons (Fsp3) is 0.273. The average Bonchev–Trinajstić information content (AvgIpc) is 3.42. The summed E-state index contributed by atoms with van der Waals surface area (Å²) in [5, 5.41) is 14.0. The molecule has 1 aliphatic rings. The van der Waals surface area contributed by atoms with Gasteiger partial charge in [-0.05, 0) is 61.4 Å². The zero-order chi connectivity index (χ0) is 21.2. The van der Waals surface area contributed by atoms with E-state index in [1.165, 1.54) is 9.10 Å². The molecule has 1 fully saturated rings. The number of nitrogens with one attached hydrogen (secondary N) is 2. The minimum Gasteiger partial charge on any atom is -0.367 e. The Morgan fingerprint density at radius 1 is 1.13 bits per heavy atom. The molecule has 0 bridgehead atoms. The van der Waals surface area contributed by atoms with Gasteiger partial charge in [-0.25, -0.2) is 4.98 Å². The highest BCUT2D eigenvalue weighted by molar-refractivity contribution is 8.01. The fourth-order valence-corrected chi connectivity index (χ4v) is 5.68. The second kappa shape index (κ2) is 9.08. The second-order valence-corrected chi connectivity index (χ2v) is 10.4. The van der Waals surface area contributed by atoms with E-state index in [0.717, 1.165) is 43.0 Å². The number of thiophene rings is 1. The van der Waals surface area contributed by atoms with E-state index in [9.17, 15) is 0 Å². The monoisotopic (exact) mass is 470 g/mol. The summed E-state index contributed by atoms with van der Waals surface area (Å²) in [6.07, 6.45) is 5.79. The van der Waals surface area contributed by atoms with Gasteiger partial charge in [0.2, 0.25) is 0 Å². The first-order valence-corrected chi connectivity index (χ1v) is 12.4. The standard InChI is InChI=1S/C22H23ClN6S2/c23-18-13-25-29-20(12-19(28-22(18)29)26-15-5-3-14(24)4-6-15)27-16-7-9-17(10-8-16)31-21-2-1-11-30-21/h1-2,7-15,27H,3-6,24H2,(H,26,28). The van der Waals surface area contributed by atoms with Crippen LogP contribution in [0.25, 0.3) is 5.65 Å². The van der Waals surface area contributed by atoms with E-state index in [1.807, 2.05) is 6.07 Å². The van der Waals surface area contributed by atoms with Gasteiger partial charge in [0.25, 0.3) is 0 Å². The highest BCUT2D eigenvalue weighted by Gasteiger charge is 2.20. The van der Waals surface area contributed by atoms with E-state index in [1.54, 1.807) is 33.8 Å². The van der Waals surface area contributed by atoms with E-state index < -0.39 is 0 Å². The van der Waals surface area contributed by atoms with Gasteiger partial charge < -0.3 is 16.4 Å². The third-order valence-electron chi connectivity index (χ3n) is 5.39. The molecule has 4 aromatic rings. The van der Waals surface area contributed by atoms with Crippen LogP contribution < -0.4 is 16.4 Å². The van der Waals surface area contributed by atoms with Crippen LogP contribution in [0.5, 0.6) is 0 Å². The van der Waals surface area contributed by atoms with Gasteiger partial charge in [0.15, 0.2) is 5.65 Å². The normalized spacial score (nSPS) is 18.9. The van der Waals surface area contributed by atoms with Crippen molar-refractivity contribution in [3.8, 4) is 0 Å². The Hall–Kier alpha value is -2.26. The molecular formula is C22H23ClN6S2. The molecule has 4 N–H and O–H groups in total. The van der Waals surface area contributed by atoms with E-state index >= 15 is 0 Å². The molecule has 0 atom stereocenters. The Bertz CT molecular complexity index is 1150. The van der Waals surface area contributed by atoms with Crippen LogP contribution >= 0.6 is 34.7 Å². The Balaban J connectivity index is 1.37. The van der Waals surface area contributed by atoms with Gasteiger partial charge in [-0.1, -0.05) is 29.4 Å². The van der Waals surface area contributed by atoms with Gasteiger partial charge in [-0.2, -0.15) is 9.61 Å². The second-order valence-electron chi connectivity index (χ2n) is 7.69. The van der Waals surface area contributed by atoms with Crippen molar-refractivity contribution in [2.24, 2.45) is 5.73 Å². The summed E-state index contributed by atoms with van der Waals surface area (Å²) in [6, 6.07) is 15.3. The Morgan fingerprint density at radius 3 is 2.68 bits per heavy atom. The Kier molecular flexibility index (Phi) is 6.04. The molecule has 0 unspecified atom stereocenters. The summed E-state index contributed by atoms with van der Waals surface area (Å²) >= 11 is 9.86. The molecule has 6 nitrogen and oxygen atoms in total. The largest absolute Gasteiger partial charge is 0.367 e. The van der Waals surface area contributed by atoms with Crippen LogP contribution in [0.2, 0.25) is 5.02 Å². The number of nitrogens with zero attached hydrogens (tertiary/aromatic N) is 3. The quantitative estimate of drug-likeness (QED) is 0.319. The van der Waals surface area contributed by atoms with E-state index in [0.29, 0.717) is 22.8 Å². The number of rotatable bonds is 6. The predicted molar refractivity (Wildman–Crippen MR) is 130 cm³/mol. The third kappa shape index (κ3) is 4.82. The molecule has 0 amide bonds. The van der Waals surface area contributed by atoms with Gasteiger partial charge in [0.05, 0.1) is 10.4 Å². The van der Waals surface area contributed by atoms with Gasteiger partial charge in [-0.3, -0.25) is 0 Å². The summed E-state index contributed by atoms with van der Waals surface area (Å²) in [5.74, 6) is 1.60. The minimum absolute atomic E-state index is 0.316. The maximum absolute atomic E-state index is 6.35. The first kappa shape index (κ1) is 20.6. The first-order chi connectivity index (χ1) is 15.1. The van der Waals surface area contributed by atoms with Gasteiger partial charge in [-0.15, -0.1) is 11.3 Å². The molecule has 3 aromatic heterocycles. The number of aromatic nitrogens is 3. The van der Waals surface area contributed by atoms with Gasteiger partial charge >= 0.3 is 0 Å². The minimum atomic E-state index is 0.316. The summed E-state index contributed by atoms with van der Waals surface area (Å²) in [5.41, 5.74) is 7.65. The van der Waals surface area contributed by atoms with Crippen LogP contribution in [-0.2, 0) is 0 Å². The number of hydrogen-bond donors (Lipinski definition) is 3. The van der Waals surface area contributed by atoms with Crippen LogP contribution in [0.4, 0.5) is 17.3 Å². The Morgan fingerprint density at radius 2 is 1.94 bits per heavy atom. The zero-order valence-corrected chi connectivity index (χ0v) is 19.2. The number of halogens is 1. The first-order valence-electron chi connectivity index (χ1n) is 10.3. The highest BCUT2D eigenvalue weighted by atomic mass is 35.5. The fourth-order valence-electron chi connectivity index (χ4n) is 3.76. The van der Waals surface area contributed by atoms with Crippen LogP contribution in [0.1, 0.15) is 25.7 Å². The molecule has 0 spiro atoms. The summed E-state index contributed by atoms with van der Waals surface area (Å²) in [6.45, 7) is 0. The highest BCUT2D eigenvalue weighted by Crippen LogP contribution is 2.32. The molecule has 5 rings (SSSR count). The van der Waals surface area contributed by atoms with Gasteiger partial charge in [0, 0.05) is 28.7 Å². The molecule has 1 aromatic carbocycles. The SMILES string of the molecule is NC1CCC(Nc2cc(Nc3ccc(Sc4cccs4)cc3)n3ncc(Cl)c3n2)CC1. The lowest BCUT2D eigenvalue weighted by atomic mass is 9.92.